The molecule has 2 heterocycles. The van der Waals surface area contributed by atoms with Crippen molar-refractivity contribution in [2.75, 3.05) is 0 Å². The minimum atomic E-state index is -0.314. The van der Waals surface area contributed by atoms with Gasteiger partial charge in [0.2, 0.25) is 0 Å². The van der Waals surface area contributed by atoms with Gasteiger partial charge in [0, 0.05) is 49.4 Å². The summed E-state index contributed by atoms with van der Waals surface area (Å²) in [5.41, 5.74) is 0.930. The molecular weight excluding hydrogens is 495 g/mol. The zero-order valence-corrected chi connectivity index (χ0v) is 16.2. The summed E-state index contributed by atoms with van der Waals surface area (Å²) < 4.78 is 5.70. The third-order valence-corrected chi connectivity index (χ3v) is 3.35. The number of aromatic nitrogens is 2. The molecule has 6 heteroatoms. The van der Waals surface area contributed by atoms with Gasteiger partial charge in [-0.3, -0.25) is 4.79 Å². The maximum atomic E-state index is 12.1. The van der Waals surface area contributed by atoms with E-state index >= 15 is 0 Å². The van der Waals surface area contributed by atoms with Gasteiger partial charge in [-0.25, -0.2) is 4.98 Å². The molecule has 1 radical (unpaired) electrons. The average Bonchev–Trinajstić information content (AvgIpc) is 2.92. The zero-order chi connectivity index (χ0) is 14.4. The SMILES string of the molecule is O=c1[nH]c(-c2cc3ccccc3o2)nc2ccc(O)cc12.[Ac]. The molecular formula is C16H10AcN2O3. The Morgan fingerprint density at radius 2 is 1.91 bits per heavy atom. The van der Waals surface area contributed by atoms with Crippen LogP contribution in [-0.2, 0) is 0 Å². The first-order valence-corrected chi connectivity index (χ1v) is 6.43. The summed E-state index contributed by atoms with van der Waals surface area (Å²) in [6, 6.07) is 13.9. The number of phenols is 1. The molecule has 105 valence electrons. The van der Waals surface area contributed by atoms with Gasteiger partial charge in [-0.2, -0.15) is 0 Å². The summed E-state index contributed by atoms with van der Waals surface area (Å²) in [6.07, 6.45) is 0. The first kappa shape index (κ1) is 15.3. The van der Waals surface area contributed by atoms with Gasteiger partial charge in [-0.15, -0.1) is 0 Å². The van der Waals surface area contributed by atoms with E-state index in [4.69, 9.17) is 4.42 Å². The molecule has 0 saturated heterocycles. The molecule has 0 saturated carbocycles. The second kappa shape index (κ2) is 5.86. The van der Waals surface area contributed by atoms with Crippen LogP contribution in [0.2, 0.25) is 0 Å². The van der Waals surface area contributed by atoms with Gasteiger partial charge in [0.1, 0.15) is 11.3 Å². The second-order valence-electron chi connectivity index (χ2n) is 4.76. The van der Waals surface area contributed by atoms with Crippen LogP contribution in [0.25, 0.3) is 33.5 Å². The van der Waals surface area contributed by atoms with E-state index in [0.717, 1.165) is 11.0 Å². The van der Waals surface area contributed by atoms with Gasteiger partial charge in [-0.1, -0.05) is 18.2 Å². The van der Waals surface area contributed by atoms with Crippen molar-refractivity contribution in [2.24, 2.45) is 0 Å². The molecule has 0 aliphatic heterocycles. The summed E-state index contributed by atoms with van der Waals surface area (Å²) in [5.74, 6) is 0.906. The van der Waals surface area contributed by atoms with Gasteiger partial charge < -0.3 is 14.5 Å². The fourth-order valence-corrected chi connectivity index (χ4v) is 2.34. The number of rotatable bonds is 1. The average molecular weight is 505 g/mol. The molecule has 0 amide bonds. The molecule has 2 N–H and O–H groups in total. The van der Waals surface area contributed by atoms with Gasteiger partial charge in [0.15, 0.2) is 11.6 Å². The van der Waals surface area contributed by atoms with Crippen molar-refractivity contribution in [3.05, 3.63) is 58.9 Å². The molecule has 0 bridgehead atoms. The van der Waals surface area contributed by atoms with Crippen molar-refractivity contribution in [2.45, 2.75) is 0 Å². The van der Waals surface area contributed by atoms with Gasteiger partial charge in [0.05, 0.1) is 10.9 Å². The summed E-state index contributed by atoms with van der Waals surface area (Å²) in [4.78, 5) is 19.2. The van der Waals surface area contributed by atoms with Crippen LogP contribution in [0.15, 0.2) is 57.7 Å². The molecule has 0 aliphatic carbocycles. The summed E-state index contributed by atoms with van der Waals surface area (Å²) in [5, 5.41) is 10.7. The Morgan fingerprint density at radius 3 is 2.73 bits per heavy atom. The van der Waals surface area contributed by atoms with Crippen LogP contribution >= 0.6 is 0 Å². The molecule has 2 aromatic carbocycles. The fourth-order valence-electron chi connectivity index (χ4n) is 2.34. The molecule has 0 aliphatic rings. The minimum Gasteiger partial charge on any atom is -0.508 e. The summed E-state index contributed by atoms with van der Waals surface area (Å²) in [6.45, 7) is 0. The summed E-state index contributed by atoms with van der Waals surface area (Å²) >= 11 is 0. The van der Waals surface area contributed by atoms with E-state index < -0.39 is 0 Å². The molecule has 4 aromatic rings. The maximum absolute atomic E-state index is 12.1. The zero-order valence-electron chi connectivity index (χ0n) is 11.4. The Kier molecular flexibility index (Phi) is 4.07. The van der Waals surface area contributed by atoms with Crippen LogP contribution in [0.5, 0.6) is 5.75 Å². The Labute approximate surface area is 160 Å². The number of nitrogens with zero attached hydrogens (tertiary/aromatic N) is 1. The van der Waals surface area contributed by atoms with E-state index in [-0.39, 0.29) is 55.4 Å². The van der Waals surface area contributed by atoms with Crippen LogP contribution in [0.3, 0.4) is 0 Å². The van der Waals surface area contributed by atoms with Gasteiger partial charge in [-0.05, 0) is 30.3 Å². The first-order chi connectivity index (χ1) is 10.2. The standard InChI is InChI=1S/C16H10N2O3.Ac/c19-10-5-6-12-11(8-10)16(20)18-15(17-12)14-7-9-3-1-2-4-13(9)21-14;/h1-8,19H,(H,17,18,20);. The molecule has 0 spiro atoms. The number of fused-ring (bicyclic) bond motifs is 2. The van der Waals surface area contributed by atoms with Crippen molar-refractivity contribution >= 4 is 21.9 Å². The number of benzene rings is 2. The minimum absolute atomic E-state index is 0. The quantitative estimate of drug-likeness (QED) is 0.417. The molecule has 0 atom stereocenters. The topological polar surface area (TPSA) is 79.1 Å². The Hall–Kier alpha value is -1.64. The van der Waals surface area contributed by atoms with E-state index in [1.807, 2.05) is 30.3 Å². The Morgan fingerprint density at radius 1 is 1.09 bits per heavy atom. The monoisotopic (exact) mass is 505 g/mol. The molecule has 2 aromatic heterocycles. The Balaban J connectivity index is 0.00000144. The van der Waals surface area contributed by atoms with Crippen molar-refractivity contribution < 1.29 is 53.6 Å². The molecule has 22 heavy (non-hydrogen) atoms. The van der Waals surface area contributed by atoms with Gasteiger partial charge >= 0.3 is 0 Å². The number of phenolic OH excluding ortho intramolecular Hbond substituents is 1. The van der Waals surface area contributed by atoms with Crippen molar-refractivity contribution in [3.63, 3.8) is 0 Å². The molecule has 0 fully saturated rings. The maximum Gasteiger partial charge on any atom is 0.259 e. The van der Waals surface area contributed by atoms with E-state index in [1.165, 1.54) is 12.1 Å². The van der Waals surface area contributed by atoms with Crippen molar-refractivity contribution in [3.8, 4) is 17.3 Å². The van der Waals surface area contributed by atoms with Gasteiger partial charge in [0.25, 0.3) is 5.56 Å². The second-order valence-corrected chi connectivity index (χ2v) is 4.76. The number of H-pyrrole nitrogens is 1. The number of hydrogen-bond acceptors (Lipinski definition) is 4. The van der Waals surface area contributed by atoms with Crippen molar-refractivity contribution in [1.29, 1.82) is 0 Å². The first-order valence-electron chi connectivity index (χ1n) is 6.43. The normalized spacial score (nSPS) is 10.7. The van der Waals surface area contributed by atoms with E-state index in [2.05, 4.69) is 9.97 Å². The number of hydrogen-bond donors (Lipinski definition) is 2. The van der Waals surface area contributed by atoms with E-state index in [9.17, 15) is 9.90 Å². The Bertz CT molecular complexity index is 1000. The third-order valence-electron chi connectivity index (χ3n) is 3.35. The number of para-hydroxylation sites is 1. The van der Waals surface area contributed by atoms with Crippen LogP contribution in [0, 0.1) is 44.1 Å². The molecule has 4 rings (SSSR count). The molecule has 5 nitrogen and oxygen atoms in total. The smallest absolute Gasteiger partial charge is 0.259 e. The number of aromatic amines is 1. The summed E-state index contributed by atoms with van der Waals surface area (Å²) in [7, 11) is 0. The predicted octanol–water partition coefficient (Wildman–Crippen LogP) is 3.04. The van der Waals surface area contributed by atoms with Crippen LogP contribution in [-0.4, -0.2) is 15.1 Å². The number of furan rings is 1. The van der Waals surface area contributed by atoms with E-state index in [0.29, 0.717) is 22.5 Å². The van der Waals surface area contributed by atoms with E-state index in [1.54, 1.807) is 6.07 Å². The van der Waals surface area contributed by atoms with Crippen LogP contribution in [0.4, 0.5) is 0 Å². The predicted molar refractivity (Wildman–Crippen MR) is 79.2 cm³/mol. The van der Waals surface area contributed by atoms with Crippen LogP contribution in [0.1, 0.15) is 0 Å². The molecule has 0 unspecified atom stereocenters. The number of aromatic hydroxyl groups is 1. The third kappa shape index (κ3) is 2.57. The largest absolute Gasteiger partial charge is 0.508 e. The van der Waals surface area contributed by atoms with Crippen LogP contribution < -0.4 is 5.56 Å². The fraction of sp³-hybridized carbons (Fsp3) is 0. The van der Waals surface area contributed by atoms with Crippen molar-refractivity contribution in [1.82, 2.24) is 9.97 Å². The number of nitrogens with one attached hydrogen (secondary N) is 1.